The fourth-order valence-electron chi connectivity index (χ4n) is 2.41. The standard InChI is InChI=1S/C14H18N2O5/c1-2-21-11-6-3-5-10(16(19)20)12(11)13(18)15-14(9-17)7-4-8-14/h3,5-6,17H,2,4,7-9H2,1H3,(H,15,18). The highest BCUT2D eigenvalue weighted by Crippen LogP contribution is 2.34. The molecule has 0 aromatic heterocycles. The van der Waals surface area contributed by atoms with Crippen molar-refractivity contribution in [3.63, 3.8) is 0 Å². The SMILES string of the molecule is CCOc1cccc([N+](=O)[O-])c1C(=O)NC1(CO)CCC1. The fraction of sp³-hybridized carbons (Fsp3) is 0.500. The molecule has 1 aromatic rings. The summed E-state index contributed by atoms with van der Waals surface area (Å²) in [6, 6.07) is 4.27. The highest BCUT2D eigenvalue weighted by Gasteiger charge is 2.39. The van der Waals surface area contributed by atoms with Gasteiger partial charge in [0.05, 0.1) is 23.7 Å². The average Bonchev–Trinajstić information content (AvgIpc) is 2.42. The van der Waals surface area contributed by atoms with Crippen molar-refractivity contribution in [2.24, 2.45) is 0 Å². The minimum Gasteiger partial charge on any atom is -0.493 e. The molecular formula is C14H18N2O5. The molecule has 1 fully saturated rings. The van der Waals surface area contributed by atoms with Gasteiger partial charge >= 0.3 is 0 Å². The van der Waals surface area contributed by atoms with Gasteiger partial charge < -0.3 is 15.2 Å². The molecule has 0 unspecified atom stereocenters. The van der Waals surface area contributed by atoms with Crippen LogP contribution in [0.3, 0.4) is 0 Å². The summed E-state index contributed by atoms with van der Waals surface area (Å²) >= 11 is 0. The molecule has 21 heavy (non-hydrogen) atoms. The van der Waals surface area contributed by atoms with E-state index >= 15 is 0 Å². The summed E-state index contributed by atoms with van der Waals surface area (Å²) in [5.41, 5.74) is -1.06. The number of carbonyl (C=O) groups is 1. The molecule has 1 aliphatic rings. The van der Waals surface area contributed by atoms with Crippen LogP contribution in [0.25, 0.3) is 0 Å². The zero-order valence-corrected chi connectivity index (χ0v) is 11.8. The van der Waals surface area contributed by atoms with E-state index in [0.717, 1.165) is 6.42 Å². The number of carbonyl (C=O) groups excluding carboxylic acids is 1. The maximum atomic E-state index is 12.4. The van der Waals surface area contributed by atoms with Crippen LogP contribution in [0.1, 0.15) is 36.5 Å². The molecule has 1 saturated carbocycles. The number of rotatable bonds is 6. The van der Waals surface area contributed by atoms with Crippen molar-refractivity contribution >= 4 is 11.6 Å². The summed E-state index contributed by atoms with van der Waals surface area (Å²) < 4.78 is 5.32. The van der Waals surface area contributed by atoms with E-state index in [2.05, 4.69) is 5.32 Å². The quantitative estimate of drug-likeness (QED) is 0.613. The van der Waals surface area contributed by atoms with E-state index in [1.807, 2.05) is 0 Å². The van der Waals surface area contributed by atoms with Crippen LogP contribution in [0.15, 0.2) is 18.2 Å². The summed E-state index contributed by atoms with van der Waals surface area (Å²) in [6.07, 6.45) is 2.25. The van der Waals surface area contributed by atoms with Crippen molar-refractivity contribution in [2.45, 2.75) is 31.7 Å². The molecule has 1 amide bonds. The Hall–Kier alpha value is -2.15. The van der Waals surface area contributed by atoms with Gasteiger partial charge in [-0.1, -0.05) is 6.07 Å². The van der Waals surface area contributed by atoms with E-state index in [9.17, 15) is 20.0 Å². The number of nitro groups is 1. The molecule has 0 radical (unpaired) electrons. The lowest BCUT2D eigenvalue weighted by atomic mass is 9.77. The molecule has 7 heteroatoms. The van der Waals surface area contributed by atoms with Crippen LogP contribution in [0.2, 0.25) is 0 Å². The summed E-state index contributed by atoms with van der Waals surface area (Å²) in [5.74, 6) is -0.406. The summed E-state index contributed by atoms with van der Waals surface area (Å²) in [7, 11) is 0. The Morgan fingerprint density at radius 2 is 2.24 bits per heavy atom. The van der Waals surface area contributed by atoms with Gasteiger partial charge in [0.25, 0.3) is 11.6 Å². The second-order valence-corrected chi connectivity index (χ2v) is 5.09. The van der Waals surface area contributed by atoms with Gasteiger partial charge in [0.15, 0.2) is 5.56 Å². The Labute approximate surface area is 122 Å². The number of aliphatic hydroxyl groups is 1. The van der Waals surface area contributed by atoms with E-state index in [1.54, 1.807) is 6.92 Å². The first-order valence-electron chi connectivity index (χ1n) is 6.86. The number of hydrogen-bond acceptors (Lipinski definition) is 5. The van der Waals surface area contributed by atoms with Gasteiger partial charge in [-0.05, 0) is 32.3 Å². The van der Waals surface area contributed by atoms with Crippen molar-refractivity contribution in [3.05, 3.63) is 33.9 Å². The number of nitro benzene ring substituents is 1. The number of ether oxygens (including phenoxy) is 1. The number of hydrogen-bond donors (Lipinski definition) is 2. The summed E-state index contributed by atoms with van der Waals surface area (Å²) in [4.78, 5) is 22.9. The largest absolute Gasteiger partial charge is 0.493 e. The lowest BCUT2D eigenvalue weighted by molar-refractivity contribution is -0.385. The number of benzene rings is 1. The van der Waals surface area contributed by atoms with E-state index in [-0.39, 0.29) is 23.6 Å². The lowest BCUT2D eigenvalue weighted by Crippen LogP contribution is -2.56. The monoisotopic (exact) mass is 294 g/mol. The van der Waals surface area contributed by atoms with Crippen molar-refractivity contribution < 1.29 is 19.6 Å². The predicted molar refractivity (Wildman–Crippen MR) is 75.4 cm³/mol. The maximum Gasteiger partial charge on any atom is 0.285 e. The van der Waals surface area contributed by atoms with Crippen molar-refractivity contribution in [2.75, 3.05) is 13.2 Å². The highest BCUT2D eigenvalue weighted by molar-refractivity contribution is 6.01. The van der Waals surface area contributed by atoms with Gasteiger partial charge in [-0.25, -0.2) is 0 Å². The predicted octanol–water partition coefficient (Wildman–Crippen LogP) is 1.64. The van der Waals surface area contributed by atoms with Crippen molar-refractivity contribution in [3.8, 4) is 5.75 Å². The number of aliphatic hydroxyl groups excluding tert-OH is 1. The topological polar surface area (TPSA) is 102 Å². The number of amides is 1. The molecule has 0 atom stereocenters. The van der Waals surface area contributed by atoms with Crippen LogP contribution in [-0.2, 0) is 0 Å². The van der Waals surface area contributed by atoms with E-state index in [1.165, 1.54) is 18.2 Å². The molecular weight excluding hydrogens is 276 g/mol. The summed E-state index contributed by atoms with van der Waals surface area (Å²) in [6.45, 7) is 1.86. The van der Waals surface area contributed by atoms with Gasteiger partial charge in [-0.2, -0.15) is 0 Å². The van der Waals surface area contributed by atoms with Crippen LogP contribution in [-0.4, -0.2) is 34.7 Å². The third kappa shape index (κ3) is 2.97. The van der Waals surface area contributed by atoms with Crippen LogP contribution in [0.4, 0.5) is 5.69 Å². The third-order valence-corrected chi connectivity index (χ3v) is 3.72. The Balaban J connectivity index is 2.35. The molecule has 2 N–H and O–H groups in total. The van der Waals surface area contributed by atoms with Crippen molar-refractivity contribution in [1.82, 2.24) is 5.32 Å². The smallest absolute Gasteiger partial charge is 0.285 e. The molecule has 0 spiro atoms. The van der Waals surface area contributed by atoms with E-state index in [4.69, 9.17) is 4.74 Å². The summed E-state index contributed by atoms with van der Waals surface area (Å²) in [5, 5.41) is 23.2. The van der Waals surface area contributed by atoms with E-state index < -0.39 is 16.4 Å². The van der Waals surface area contributed by atoms with Gasteiger partial charge in [-0.3, -0.25) is 14.9 Å². The Kier molecular flexibility index (Phi) is 4.42. The Morgan fingerprint density at radius 1 is 1.52 bits per heavy atom. The van der Waals surface area contributed by atoms with Crippen LogP contribution < -0.4 is 10.1 Å². The van der Waals surface area contributed by atoms with Gasteiger partial charge in [0.1, 0.15) is 5.75 Å². The second kappa shape index (κ2) is 6.09. The molecule has 2 rings (SSSR count). The van der Waals surface area contributed by atoms with Gasteiger partial charge in [-0.15, -0.1) is 0 Å². The van der Waals surface area contributed by atoms with Crippen molar-refractivity contribution in [1.29, 1.82) is 0 Å². The molecule has 1 aliphatic carbocycles. The molecule has 0 bridgehead atoms. The second-order valence-electron chi connectivity index (χ2n) is 5.09. The van der Waals surface area contributed by atoms with E-state index in [0.29, 0.717) is 19.4 Å². The normalized spacial score (nSPS) is 15.9. The molecule has 1 aromatic carbocycles. The maximum absolute atomic E-state index is 12.4. The zero-order valence-electron chi connectivity index (χ0n) is 11.8. The Morgan fingerprint density at radius 3 is 2.71 bits per heavy atom. The minimum atomic E-state index is -0.662. The average molecular weight is 294 g/mol. The number of nitrogens with zero attached hydrogens (tertiary/aromatic N) is 1. The van der Waals surface area contributed by atoms with Crippen LogP contribution in [0.5, 0.6) is 5.75 Å². The van der Waals surface area contributed by atoms with Crippen LogP contribution in [0, 0.1) is 10.1 Å². The first-order valence-corrected chi connectivity index (χ1v) is 6.86. The van der Waals surface area contributed by atoms with Gasteiger partial charge in [0, 0.05) is 6.07 Å². The zero-order chi connectivity index (χ0) is 15.5. The molecule has 7 nitrogen and oxygen atoms in total. The molecule has 0 saturated heterocycles. The molecule has 0 heterocycles. The van der Waals surface area contributed by atoms with Gasteiger partial charge in [0.2, 0.25) is 0 Å². The molecule has 0 aliphatic heterocycles. The third-order valence-electron chi connectivity index (χ3n) is 3.72. The highest BCUT2D eigenvalue weighted by atomic mass is 16.6. The molecule has 114 valence electrons. The lowest BCUT2D eigenvalue weighted by Gasteiger charge is -2.40. The van der Waals surface area contributed by atoms with Crippen LogP contribution >= 0.6 is 0 Å². The first-order chi connectivity index (χ1) is 10.0. The Bertz CT molecular complexity index is 549. The number of nitrogens with one attached hydrogen (secondary N) is 1. The first kappa shape index (κ1) is 15.2. The fourth-order valence-corrected chi connectivity index (χ4v) is 2.41. The minimum absolute atomic E-state index is 0.0934.